The van der Waals surface area contributed by atoms with Crippen molar-refractivity contribution in [2.75, 3.05) is 0 Å². The molecule has 0 saturated heterocycles. The normalized spacial score (nSPS) is 18.7. The maximum absolute atomic E-state index is 11.2. The number of hydrogen-bond donors (Lipinski definition) is 0. The molecule has 0 aromatic heterocycles. The van der Waals surface area contributed by atoms with E-state index in [9.17, 15) is 4.91 Å². The molecule has 1 aliphatic rings. The summed E-state index contributed by atoms with van der Waals surface area (Å²) in [4.78, 5) is 16.9. The lowest BCUT2D eigenvalue weighted by molar-refractivity contribution is -0.755. The second kappa shape index (κ2) is 2.06. The van der Waals surface area contributed by atoms with Gasteiger partial charge in [-0.1, -0.05) is 12.1 Å². The molecule has 0 amide bonds. The lowest BCUT2D eigenvalue weighted by Gasteiger charge is -2.07. The lowest BCUT2D eigenvalue weighted by atomic mass is 9.98. The molecule has 0 unspecified atom stereocenters. The first-order chi connectivity index (χ1) is 5.61. The number of rotatable bonds is 0. The predicted molar refractivity (Wildman–Crippen MR) is 43.8 cm³/mol. The molecule has 1 aromatic carbocycles. The molecular weight excluding hydrogens is 154 g/mol. The highest BCUT2D eigenvalue weighted by molar-refractivity contribution is 5.44. The molecule has 1 heterocycles. The van der Waals surface area contributed by atoms with Crippen LogP contribution in [0.15, 0.2) is 24.3 Å². The molecule has 0 aliphatic carbocycles. The topological polar surface area (TPSA) is 29.3 Å². The van der Waals surface area contributed by atoms with Crippen molar-refractivity contribution in [2.45, 2.75) is 19.4 Å². The number of para-hydroxylation sites is 1. The van der Waals surface area contributed by atoms with Gasteiger partial charge in [-0.2, -0.15) is 0 Å². The number of nitrogens with zero attached hydrogens (tertiary/aromatic N) is 1. The molecule has 0 atom stereocenters. The Morgan fingerprint density at radius 3 is 2.67 bits per heavy atom. The van der Waals surface area contributed by atoms with Crippen LogP contribution in [0.5, 0.6) is 0 Å². The van der Waals surface area contributed by atoms with Gasteiger partial charge >= 0.3 is 5.69 Å². The highest BCUT2D eigenvalue weighted by atomic mass is 16.8. The minimum absolute atomic E-state index is 0.488. The van der Waals surface area contributed by atoms with Gasteiger partial charge in [-0.15, -0.1) is 0 Å². The van der Waals surface area contributed by atoms with E-state index < -0.39 is 5.60 Å². The third kappa shape index (κ3) is 0.826. The average Bonchev–Trinajstić information content (AvgIpc) is 2.25. The molecule has 3 heteroatoms. The Kier molecular flexibility index (Phi) is 1.25. The summed E-state index contributed by atoms with van der Waals surface area (Å²) in [7, 11) is 0. The van der Waals surface area contributed by atoms with Crippen LogP contribution in [0.25, 0.3) is 0 Å². The van der Waals surface area contributed by atoms with Crippen molar-refractivity contribution in [1.82, 2.24) is 0 Å². The van der Waals surface area contributed by atoms with Crippen LogP contribution in [0.2, 0.25) is 0 Å². The fourth-order valence-electron chi connectivity index (χ4n) is 1.45. The summed E-state index contributed by atoms with van der Waals surface area (Å²) in [6.07, 6.45) is 0. The van der Waals surface area contributed by atoms with Crippen molar-refractivity contribution in [3.63, 3.8) is 0 Å². The number of benzene rings is 1. The number of fused-ring (bicyclic) bond motifs is 1. The first kappa shape index (κ1) is 7.28. The van der Waals surface area contributed by atoms with E-state index in [1.165, 1.54) is 0 Å². The summed E-state index contributed by atoms with van der Waals surface area (Å²) in [5.41, 5.74) is 1.07. The molecule has 0 spiro atoms. The van der Waals surface area contributed by atoms with Gasteiger partial charge in [-0.05, 0) is 19.9 Å². The van der Waals surface area contributed by atoms with Crippen LogP contribution in [0.3, 0.4) is 0 Å². The third-order valence-corrected chi connectivity index (χ3v) is 2.06. The fraction of sp³-hybridized carbons (Fsp3) is 0.333. The molecule has 0 radical (unpaired) electrons. The lowest BCUT2D eigenvalue weighted by Crippen LogP contribution is -2.16. The van der Waals surface area contributed by atoms with E-state index in [0.29, 0.717) is 10.6 Å². The van der Waals surface area contributed by atoms with Crippen LogP contribution in [0.4, 0.5) is 5.69 Å². The van der Waals surface area contributed by atoms with Crippen molar-refractivity contribution in [3.05, 3.63) is 34.7 Å². The van der Waals surface area contributed by atoms with E-state index in [-0.39, 0.29) is 0 Å². The summed E-state index contributed by atoms with van der Waals surface area (Å²) in [6.45, 7) is 3.76. The maximum atomic E-state index is 11.2. The molecule has 3 nitrogen and oxygen atoms in total. The molecule has 0 bridgehead atoms. The third-order valence-electron chi connectivity index (χ3n) is 2.06. The maximum Gasteiger partial charge on any atom is 0.324 e. The average molecular weight is 164 g/mol. The second-order valence-electron chi connectivity index (χ2n) is 3.38. The Morgan fingerprint density at radius 1 is 1.33 bits per heavy atom. The Hall–Kier alpha value is -1.38. The van der Waals surface area contributed by atoms with Crippen LogP contribution in [0.1, 0.15) is 19.4 Å². The second-order valence-corrected chi connectivity index (χ2v) is 3.38. The minimum Gasteiger partial charge on any atom is -0.215 e. The van der Waals surface area contributed by atoms with Crippen molar-refractivity contribution in [3.8, 4) is 0 Å². The van der Waals surface area contributed by atoms with Gasteiger partial charge in [0.25, 0.3) is 4.92 Å². The van der Waals surface area contributed by atoms with Gasteiger partial charge < -0.3 is 0 Å². The van der Waals surface area contributed by atoms with Crippen molar-refractivity contribution < 1.29 is 9.76 Å². The summed E-state index contributed by atoms with van der Waals surface area (Å²) >= 11 is 0. The largest absolute Gasteiger partial charge is 0.324 e. The molecule has 62 valence electrons. The predicted octanol–water partition coefficient (Wildman–Crippen LogP) is 2.28. The standard InChI is InChI=1S/C9H10NO2/c1-9(2)7-5-3-4-6-8(7)10(11)12-9/h3-6H,1-2H3/q+1. The van der Waals surface area contributed by atoms with Crippen molar-refractivity contribution in [1.29, 1.82) is 0 Å². The first-order valence-corrected chi connectivity index (χ1v) is 3.87. The Balaban J connectivity index is 2.66. The van der Waals surface area contributed by atoms with Gasteiger partial charge in [0.2, 0.25) is 5.60 Å². The monoisotopic (exact) mass is 164 g/mol. The van der Waals surface area contributed by atoms with E-state index in [0.717, 1.165) is 5.56 Å². The highest BCUT2D eigenvalue weighted by Crippen LogP contribution is 2.39. The van der Waals surface area contributed by atoms with Gasteiger partial charge in [-0.25, -0.2) is 4.84 Å². The van der Waals surface area contributed by atoms with Crippen LogP contribution in [-0.4, -0.2) is 4.92 Å². The van der Waals surface area contributed by atoms with Crippen LogP contribution in [0, 0.1) is 4.91 Å². The van der Waals surface area contributed by atoms with E-state index in [1.54, 1.807) is 6.07 Å². The zero-order chi connectivity index (χ0) is 8.77. The summed E-state index contributed by atoms with van der Waals surface area (Å²) in [5.74, 6) is 0. The van der Waals surface area contributed by atoms with E-state index >= 15 is 0 Å². The summed E-state index contributed by atoms with van der Waals surface area (Å²) in [6, 6.07) is 7.40. The molecule has 0 fully saturated rings. The van der Waals surface area contributed by atoms with Crippen LogP contribution < -0.4 is 0 Å². The molecule has 0 N–H and O–H groups in total. The highest BCUT2D eigenvalue weighted by Gasteiger charge is 2.45. The molecule has 12 heavy (non-hydrogen) atoms. The Labute approximate surface area is 70.5 Å². The van der Waals surface area contributed by atoms with E-state index in [1.807, 2.05) is 32.0 Å². The van der Waals surface area contributed by atoms with Gasteiger partial charge in [-0.3, -0.25) is 0 Å². The van der Waals surface area contributed by atoms with Crippen molar-refractivity contribution in [2.24, 2.45) is 0 Å². The van der Waals surface area contributed by atoms with Gasteiger partial charge in [0, 0.05) is 6.07 Å². The zero-order valence-electron chi connectivity index (χ0n) is 7.07. The molecule has 1 aliphatic heterocycles. The van der Waals surface area contributed by atoms with Crippen LogP contribution in [-0.2, 0) is 10.4 Å². The SMILES string of the molecule is CC1(C)O[N+](=O)c2ccccc21. The van der Waals surface area contributed by atoms with Crippen molar-refractivity contribution >= 4 is 5.69 Å². The minimum atomic E-state index is -0.488. The van der Waals surface area contributed by atoms with Crippen LogP contribution >= 0.6 is 0 Å². The van der Waals surface area contributed by atoms with Gasteiger partial charge in [0.1, 0.15) is 0 Å². The quantitative estimate of drug-likeness (QED) is 0.588. The summed E-state index contributed by atoms with van der Waals surface area (Å²) < 4.78 is 0. The fourth-order valence-corrected chi connectivity index (χ4v) is 1.45. The Morgan fingerprint density at radius 2 is 2.00 bits per heavy atom. The van der Waals surface area contributed by atoms with E-state index in [4.69, 9.17) is 4.84 Å². The molecular formula is C9H10NO2+. The Bertz CT molecular complexity index is 344. The zero-order valence-corrected chi connectivity index (χ0v) is 7.07. The van der Waals surface area contributed by atoms with Gasteiger partial charge in [0.05, 0.1) is 10.5 Å². The van der Waals surface area contributed by atoms with E-state index in [2.05, 4.69) is 0 Å². The molecule has 0 saturated carbocycles. The first-order valence-electron chi connectivity index (χ1n) is 3.87. The summed E-state index contributed by atoms with van der Waals surface area (Å²) in [5, 5.41) is 0. The smallest absolute Gasteiger partial charge is 0.215 e. The molecule has 1 aromatic rings. The molecule has 2 rings (SSSR count). The number of hydrogen-bond acceptors (Lipinski definition) is 2. The van der Waals surface area contributed by atoms with Gasteiger partial charge in [0.15, 0.2) is 0 Å².